The van der Waals surface area contributed by atoms with Gasteiger partial charge in [0.1, 0.15) is 11.6 Å². The largest absolute Gasteiger partial charge is 0.361 e. The summed E-state index contributed by atoms with van der Waals surface area (Å²) in [7, 11) is 0. The highest BCUT2D eigenvalue weighted by Crippen LogP contribution is 2.19. The van der Waals surface area contributed by atoms with Gasteiger partial charge in [-0.2, -0.15) is 0 Å². The summed E-state index contributed by atoms with van der Waals surface area (Å²) in [4.78, 5) is 20.5. The van der Waals surface area contributed by atoms with Crippen LogP contribution in [0.15, 0.2) is 24.3 Å². The molecule has 0 aliphatic heterocycles. The van der Waals surface area contributed by atoms with E-state index in [9.17, 15) is 4.79 Å². The number of hydrogen-bond donors (Lipinski definition) is 2. The SMILES string of the molecule is Cc1cc(NCC(=O)Nc2c(C)cccc2C)nc(C)n1. The van der Waals surface area contributed by atoms with E-state index in [1.165, 1.54) is 0 Å². The molecular formula is C16H20N4O. The fraction of sp³-hybridized carbons (Fsp3) is 0.312. The molecule has 0 saturated carbocycles. The third-order valence-corrected chi connectivity index (χ3v) is 3.14. The number of benzene rings is 1. The van der Waals surface area contributed by atoms with Crippen LogP contribution in [0.3, 0.4) is 0 Å². The van der Waals surface area contributed by atoms with Crippen molar-refractivity contribution in [2.75, 3.05) is 17.2 Å². The van der Waals surface area contributed by atoms with Crippen LogP contribution in [0.25, 0.3) is 0 Å². The number of hydrogen-bond acceptors (Lipinski definition) is 4. The number of aromatic nitrogens is 2. The molecule has 2 aromatic rings. The predicted octanol–water partition coefficient (Wildman–Crippen LogP) is 2.76. The highest BCUT2D eigenvalue weighted by Gasteiger charge is 2.07. The van der Waals surface area contributed by atoms with Crippen molar-refractivity contribution < 1.29 is 4.79 Å². The van der Waals surface area contributed by atoms with Crippen LogP contribution in [0.1, 0.15) is 22.6 Å². The van der Waals surface area contributed by atoms with Crippen molar-refractivity contribution in [1.82, 2.24) is 9.97 Å². The lowest BCUT2D eigenvalue weighted by atomic mass is 10.1. The molecule has 1 heterocycles. The second kappa shape index (κ2) is 6.35. The second-order valence-electron chi connectivity index (χ2n) is 5.11. The van der Waals surface area contributed by atoms with Crippen LogP contribution in [0.2, 0.25) is 0 Å². The van der Waals surface area contributed by atoms with Gasteiger partial charge in [-0.15, -0.1) is 0 Å². The molecule has 0 aliphatic carbocycles. The van der Waals surface area contributed by atoms with E-state index >= 15 is 0 Å². The average molecular weight is 284 g/mol. The lowest BCUT2D eigenvalue weighted by Gasteiger charge is -2.12. The molecule has 0 unspecified atom stereocenters. The Labute approximate surface area is 124 Å². The van der Waals surface area contributed by atoms with Gasteiger partial charge in [-0.3, -0.25) is 4.79 Å². The average Bonchev–Trinajstić information content (AvgIpc) is 2.40. The smallest absolute Gasteiger partial charge is 0.243 e. The van der Waals surface area contributed by atoms with Crippen molar-refractivity contribution >= 4 is 17.4 Å². The van der Waals surface area contributed by atoms with Crippen LogP contribution in [-0.2, 0) is 4.79 Å². The number of nitrogens with zero attached hydrogens (tertiary/aromatic N) is 2. The molecule has 1 amide bonds. The molecule has 110 valence electrons. The van der Waals surface area contributed by atoms with E-state index in [1.807, 2.05) is 52.0 Å². The standard InChI is InChI=1S/C16H20N4O/c1-10-6-5-7-11(2)16(10)20-15(21)9-17-14-8-12(3)18-13(4)19-14/h5-8H,9H2,1-4H3,(H,20,21)(H,17,18,19). The molecule has 21 heavy (non-hydrogen) atoms. The summed E-state index contributed by atoms with van der Waals surface area (Å²) >= 11 is 0. The van der Waals surface area contributed by atoms with Gasteiger partial charge in [0, 0.05) is 17.4 Å². The normalized spacial score (nSPS) is 10.3. The van der Waals surface area contributed by atoms with E-state index in [0.29, 0.717) is 11.6 Å². The number of aryl methyl sites for hydroxylation is 4. The summed E-state index contributed by atoms with van der Waals surface area (Å²) in [5, 5.41) is 5.96. The van der Waals surface area contributed by atoms with Crippen LogP contribution >= 0.6 is 0 Å². The number of amides is 1. The Balaban J connectivity index is 1.99. The fourth-order valence-corrected chi connectivity index (χ4v) is 2.17. The zero-order chi connectivity index (χ0) is 15.4. The minimum Gasteiger partial charge on any atom is -0.361 e. The first-order valence-electron chi connectivity index (χ1n) is 6.88. The van der Waals surface area contributed by atoms with Crippen molar-refractivity contribution in [3.05, 3.63) is 46.9 Å². The molecule has 0 saturated heterocycles. The third kappa shape index (κ3) is 4.02. The molecule has 1 aromatic heterocycles. The van der Waals surface area contributed by atoms with Gasteiger partial charge in [0.25, 0.3) is 0 Å². The molecular weight excluding hydrogens is 264 g/mol. The van der Waals surface area contributed by atoms with Crippen LogP contribution in [0.4, 0.5) is 11.5 Å². The zero-order valence-corrected chi connectivity index (χ0v) is 12.8. The molecule has 5 nitrogen and oxygen atoms in total. The summed E-state index contributed by atoms with van der Waals surface area (Å²) in [6.07, 6.45) is 0. The molecule has 1 aromatic carbocycles. The van der Waals surface area contributed by atoms with Crippen LogP contribution in [0.5, 0.6) is 0 Å². The topological polar surface area (TPSA) is 66.9 Å². The Bertz CT molecular complexity index is 627. The maximum Gasteiger partial charge on any atom is 0.243 e. The maximum absolute atomic E-state index is 12.0. The van der Waals surface area contributed by atoms with Gasteiger partial charge >= 0.3 is 0 Å². The molecule has 0 radical (unpaired) electrons. The Morgan fingerprint density at radius 2 is 1.76 bits per heavy atom. The Hall–Kier alpha value is -2.43. The fourth-order valence-electron chi connectivity index (χ4n) is 2.17. The van der Waals surface area contributed by atoms with Gasteiger partial charge in [0.2, 0.25) is 5.91 Å². The zero-order valence-electron chi connectivity index (χ0n) is 12.8. The molecule has 0 atom stereocenters. The molecule has 0 aliphatic rings. The molecule has 0 bridgehead atoms. The van der Waals surface area contributed by atoms with E-state index in [4.69, 9.17) is 0 Å². The summed E-state index contributed by atoms with van der Waals surface area (Å²) in [5.41, 5.74) is 3.86. The summed E-state index contributed by atoms with van der Waals surface area (Å²) in [6.45, 7) is 7.86. The minimum atomic E-state index is -0.0960. The summed E-state index contributed by atoms with van der Waals surface area (Å²) in [6, 6.07) is 7.75. The maximum atomic E-state index is 12.0. The number of rotatable bonds is 4. The lowest BCUT2D eigenvalue weighted by molar-refractivity contribution is -0.114. The van der Waals surface area contributed by atoms with E-state index in [0.717, 1.165) is 22.5 Å². The number of nitrogens with one attached hydrogen (secondary N) is 2. The van der Waals surface area contributed by atoms with Gasteiger partial charge in [0.05, 0.1) is 6.54 Å². The predicted molar refractivity (Wildman–Crippen MR) is 84.5 cm³/mol. The number of para-hydroxylation sites is 1. The molecule has 2 N–H and O–H groups in total. The van der Waals surface area contributed by atoms with E-state index in [1.54, 1.807) is 0 Å². The minimum absolute atomic E-state index is 0.0960. The number of carbonyl (C=O) groups is 1. The van der Waals surface area contributed by atoms with E-state index in [-0.39, 0.29) is 12.5 Å². The van der Waals surface area contributed by atoms with Crippen molar-refractivity contribution in [3.8, 4) is 0 Å². The first-order chi connectivity index (χ1) is 9.95. The van der Waals surface area contributed by atoms with Gasteiger partial charge in [-0.1, -0.05) is 18.2 Å². The van der Waals surface area contributed by atoms with Crippen molar-refractivity contribution in [2.45, 2.75) is 27.7 Å². The lowest BCUT2D eigenvalue weighted by Crippen LogP contribution is -2.23. The molecule has 2 rings (SSSR count). The van der Waals surface area contributed by atoms with Crippen LogP contribution in [0, 0.1) is 27.7 Å². The highest BCUT2D eigenvalue weighted by molar-refractivity contribution is 5.95. The molecule has 0 spiro atoms. The van der Waals surface area contributed by atoms with Crippen LogP contribution in [-0.4, -0.2) is 22.4 Å². The van der Waals surface area contributed by atoms with E-state index in [2.05, 4.69) is 20.6 Å². The van der Waals surface area contributed by atoms with E-state index < -0.39 is 0 Å². The summed E-state index contributed by atoms with van der Waals surface area (Å²) < 4.78 is 0. The van der Waals surface area contributed by atoms with Crippen molar-refractivity contribution in [2.24, 2.45) is 0 Å². The first kappa shape index (κ1) is 15.0. The van der Waals surface area contributed by atoms with Gasteiger partial charge in [-0.25, -0.2) is 9.97 Å². The van der Waals surface area contributed by atoms with Crippen molar-refractivity contribution in [3.63, 3.8) is 0 Å². The number of carbonyl (C=O) groups excluding carboxylic acids is 1. The Morgan fingerprint density at radius 1 is 1.10 bits per heavy atom. The van der Waals surface area contributed by atoms with Gasteiger partial charge in [0.15, 0.2) is 0 Å². The molecule has 5 heteroatoms. The quantitative estimate of drug-likeness (QED) is 0.906. The summed E-state index contributed by atoms with van der Waals surface area (Å²) in [5.74, 6) is 1.26. The Morgan fingerprint density at radius 3 is 2.38 bits per heavy atom. The second-order valence-corrected chi connectivity index (χ2v) is 5.11. The van der Waals surface area contributed by atoms with Gasteiger partial charge in [-0.05, 0) is 38.8 Å². The molecule has 0 fully saturated rings. The van der Waals surface area contributed by atoms with Crippen molar-refractivity contribution in [1.29, 1.82) is 0 Å². The first-order valence-corrected chi connectivity index (χ1v) is 6.88. The highest BCUT2D eigenvalue weighted by atomic mass is 16.1. The monoisotopic (exact) mass is 284 g/mol. The third-order valence-electron chi connectivity index (χ3n) is 3.14. The number of anilines is 2. The Kier molecular flexibility index (Phi) is 4.52. The van der Waals surface area contributed by atoms with Gasteiger partial charge < -0.3 is 10.6 Å². The van der Waals surface area contributed by atoms with Crippen LogP contribution < -0.4 is 10.6 Å².